The molecule has 23 heavy (non-hydrogen) atoms. The summed E-state index contributed by atoms with van der Waals surface area (Å²) in [6.07, 6.45) is 4.94. The van der Waals surface area contributed by atoms with Crippen LogP contribution in [0.2, 0.25) is 0 Å². The Morgan fingerprint density at radius 2 is 1.65 bits per heavy atom. The summed E-state index contributed by atoms with van der Waals surface area (Å²) in [5.41, 5.74) is 0. The van der Waals surface area contributed by atoms with Crippen molar-refractivity contribution in [2.75, 3.05) is 45.0 Å². The van der Waals surface area contributed by atoms with E-state index in [0.29, 0.717) is 12.0 Å². The average molecular weight is 320 g/mol. The minimum Gasteiger partial charge on any atom is -0.351 e. The number of hydrogen-bond acceptors (Lipinski definition) is 6. The van der Waals surface area contributed by atoms with Gasteiger partial charge >= 0.3 is 0 Å². The van der Waals surface area contributed by atoms with E-state index >= 15 is 0 Å². The second kappa shape index (κ2) is 7.90. The molecule has 0 aliphatic heterocycles. The van der Waals surface area contributed by atoms with Gasteiger partial charge in [-0.1, -0.05) is 13.8 Å². The van der Waals surface area contributed by atoms with Gasteiger partial charge in [-0.2, -0.15) is 15.0 Å². The third-order valence-corrected chi connectivity index (χ3v) is 4.36. The van der Waals surface area contributed by atoms with Crippen LogP contribution < -0.4 is 10.2 Å². The topological polar surface area (TPSA) is 57.2 Å². The van der Waals surface area contributed by atoms with E-state index in [1.807, 2.05) is 19.0 Å². The van der Waals surface area contributed by atoms with Crippen LogP contribution in [0.5, 0.6) is 0 Å². The summed E-state index contributed by atoms with van der Waals surface area (Å²) in [5.74, 6) is 3.43. The van der Waals surface area contributed by atoms with Crippen LogP contribution in [0.1, 0.15) is 51.3 Å². The van der Waals surface area contributed by atoms with Crippen LogP contribution in [0.25, 0.3) is 0 Å². The van der Waals surface area contributed by atoms with E-state index in [-0.39, 0.29) is 0 Å². The van der Waals surface area contributed by atoms with Crippen LogP contribution in [-0.2, 0) is 0 Å². The Labute approximate surface area is 140 Å². The molecule has 1 saturated carbocycles. The smallest absolute Gasteiger partial charge is 0.229 e. The summed E-state index contributed by atoms with van der Waals surface area (Å²) in [6.45, 7) is 5.43. The Morgan fingerprint density at radius 3 is 2.17 bits per heavy atom. The van der Waals surface area contributed by atoms with Gasteiger partial charge < -0.3 is 15.1 Å². The molecular weight excluding hydrogens is 288 g/mol. The van der Waals surface area contributed by atoms with Crippen LogP contribution in [0.4, 0.5) is 11.9 Å². The number of hydrogen-bond donors (Lipinski definition) is 1. The van der Waals surface area contributed by atoms with Crippen molar-refractivity contribution in [2.45, 2.75) is 51.5 Å². The van der Waals surface area contributed by atoms with Crippen LogP contribution in [0.15, 0.2) is 0 Å². The summed E-state index contributed by atoms with van der Waals surface area (Å²) in [4.78, 5) is 17.9. The zero-order chi connectivity index (χ0) is 17.0. The largest absolute Gasteiger partial charge is 0.351 e. The number of aromatic nitrogens is 3. The average Bonchev–Trinajstić information content (AvgIpc) is 2.48. The normalized spacial score (nSPS) is 21.7. The first kappa shape index (κ1) is 17.9. The summed E-state index contributed by atoms with van der Waals surface area (Å²) in [7, 11) is 8.25. The molecule has 0 spiro atoms. The molecule has 1 heterocycles. The second-order valence-electron chi connectivity index (χ2n) is 7.49. The standard InChI is InChI=1S/C17H32N6/c1-12(2)15-19-16(21-17(20-15)23(5)6)18-14-9-7-13(8-10-14)11-22(3)4/h12-14H,7-11H2,1-6H3,(H,18,19,20,21). The van der Waals surface area contributed by atoms with Gasteiger partial charge in [0.15, 0.2) is 0 Å². The zero-order valence-electron chi connectivity index (χ0n) is 15.5. The van der Waals surface area contributed by atoms with E-state index < -0.39 is 0 Å². The maximum absolute atomic E-state index is 4.61. The molecule has 0 aromatic carbocycles. The Bertz CT molecular complexity index is 466. The Hall–Kier alpha value is -1.43. The van der Waals surface area contributed by atoms with Gasteiger partial charge in [-0.05, 0) is 45.7 Å². The molecule has 1 aromatic heterocycles. The monoisotopic (exact) mass is 320 g/mol. The number of nitrogens with zero attached hydrogens (tertiary/aromatic N) is 5. The molecular formula is C17H32N6. The maximum atomic E-state index is 4.61. The molecule has 1 N–H and O–H groups in total. The highest BCUT2D eigenvalue weighted by Crippen LogP contribution is 2.26. The van der Waals surface area contributed by atoms with Crippen molar-refractivity contribution in [1.29, 1.82) is 0 Å². The highest BCUT2D eigenvalue weighted by Gasteiger charge is 2.22. The lowest BCUT2D eigenvalue weighted by Crippen LogP contribution is -2.31. The lowest BCUT2D eigenvalue weighted by atomic mass is 9.86. The predicted molar refractivity (Wildman–Crippen MR) is 96.2 cm³/mol. The fourth-order valence-electron chi connectivity index (χ4n) is 3.09. The van der Waals surface area contributed by atoms with Gasteiger partial charge in [-0.15, -0.1) is 0 Å². The van der Waals surface area contributed by atoms with Crippen molar-refractivity contribution < 1.29 is 0 Å². The number of anilines is 2. The van der Waals surface area contributed by atoms with E-state index in [1.54, 1.807) is 0 Å². The first-order valence-electron chi connectivity index (χ1n) is 8.69. The Kier molecular flexibility index (Phi) is 6.16. The highest BCUT2D eigenvalue weighted by atomic mass is 15.3. The number of rotatable bonds is 6. The molecule has 0 amide bonds. The van der Waals surface area contributed by atoms with Crippen LogP contribution in [0.3, 0.4) is 0 Å². The molecule has 1 aliphatic rings. The molecule has 0 radical (unpaired) electrons. The van der Waals surface area contributed by atoms with Gasteiger partial charge in [0, 0.05) is 32.6 Å². The van der Waals surface area contributed by atoms with E-state index in [1.165, 1.54) is 32.2 Å². The van der Waals surface area contributed by atoms with Gasteiger partial charge in [0.05, 0.1) is 0 Å². The molecule has 0 saturated heterocycles. The molecule has 6 heteroatoms. The number of nitrogens with one attached hydrogen (secondary N) is 1. The van der Waals surface area contributed by atoms with Crippen molar-refractivity contribution in [2.24, 2.45) is 5.92 Å². The molecule has 0 unspecified atom stereocenters. The highest BCUT2D eigenvalue weighted by molar-refractivity contribution is 5.37. The van der Waals surface area contributed by atoms with Gasteiger partial charge in [-0.25, -0.2) is 0 Å². The molecule has 1 aromatic rings. The lowest BCUT2D eigenvalue weighted by Gasteiger charge is -2.30. The van der Waals surface area contributed by atoms with E-state index in [9.17, 15) is 0 Å². The fraction of sp³-hybridized carbons (Fsp3) is 0.824. The van der Waals surface area contributed by atoms with Crippen molar-refractivity contribution in [3.8, 4) is 0 Å². The third kappa shape index (κ3) is 5.30. The quantitative estimate of drug-likeness (QED) is 0.869. The minimum atomic E-state index is 0.299. The van der Waals surface area contributed by atoms with Crippen molar-refractivity contribution in [1.82, 2.24) is 19.9 Å². The third-order valence-electron chi connectivity index (χ3n) is 4.36. The second-order valence-corrected chi connectivity index (χ2v) is 7.49. The molecule has 1 fully saturated rings. The summed E-state index contributed by atoms with van der Waals surface area (Å²) in [6, 6.07) is 0.478. The predicted octanol–water partition coefficient (Wildman–Crippen LogP) is 2.59. The summed E-state index contributed by atoms with van der Waals surface area (Å²) < 4.78 is 0. The Morgan fingerprint density at radius 1 is 1.00 bits per heavy atom. The summed E-state index contributed by atoms with van der Waals surface area (Å²) >= 11 is 0. The first-order chi connectivity index (χ1) is 10.8. The first-order valence-corrected chi connectivity index (χ1v) is 8.69. The van der Waals surface area contributed by atoms with Crippen LogP contribution >= 0.6 is 0 Å². The van der Waals surface area contributed by atoms with E-state index in [4.69, 9.17) is 0 Å². The molecule has 0 bridgehead atoms. The maximum Gasteiger partial charge on any atom is 0.229 e. The molecule has 6 nitrogen and oxygen atoms in total. The van der Waals surface area contributed by atoms with Gasteiger partial charge in [0.1, 0.15) is 5.82 Å². The Balaban J connectivity index is 2.00. The van der Waals surface area contributed by atoms with Crippen LogP contribution in [0, 0.1) is 5.92 Å². The van der Waals surface area contributed by atoms with Crippen LogP contribution in [-0.4, -0.2) is 60.6 Å². The van der Waals surface area contributed by atoms with Crippen molar-refractivity contribution in [3.63, 3.8) is 0 Å². The van der Waals surface area contributed by atoms with Gasteiger partial charge in [0.2, 0.25) is 11.9 Å². The SMILES string of the molecule is CC(C)c1nc(NC2CCC(CN(C)C)CC2)nc(N(C)C)n1. The minimum absolute atomic E-state index is 0.299. The zero-order valence-corrected chi connectivity index (χ0v) is 15.5. The fourth-order valence-corrected chi connectivity index (χ4v) is 3.09. The lowest BCUT2D eigenvalue weighted by molar-refractivity contribution is 0.255. The summed E-state index contributed by atoms with van der Waals surface area (Å²) in [5, 5.41) is 3.54. The molecule has 130 valence electrons. The van der Waals surface area contributed by atoms with E-state index in [0.717, 1.165) is 23.6 Å². The van der Waals surface area contributed by atoms with Crippen molar-refractivity contribution in [3.05, 3.63) is 5.82 Å². The molecule has 1 aliphatic carbocycles. The molecule has 2 rings (SSSR count). The van der Waals surface area contributed by atoms with Gasteiger partial charge in [-0.3, -0.25) is 0 Å². The van der Waals surface area contributed by atoms with Gasteiger partial charge in [0.25, 0.3) is 0 Å². The van der Waals surface area contributed by atoms with Crippen molar-refractivity contribution >= 4 is 11.9 Å². The molecule has 0 atom stereocenters. The van der Waals surface area contributed by atoms with E-state index in [2.05, 4.69) is 53.1 Å².